The van der Waals surface area contributed by atoms with Gasteiger partial charge in [0.2, 0.25) is 10.0 Å². The molecule has 2 aliphatic heterocycles. The minimum Gasteiger partial charge on any atom is -0.381 e. The second kappa shape index (κ2) is 7.18. The molecule has 2 saturated heterocycles. The molecule has 140 valence electrons. The summed E-state index contributed by atoms with van der Waals surface area (Å²) in [4.78, 5) is 4.67. The predicted molar refractivity (Wildman–Crippen MR) is 83.4 cm³/mol. The largest absolute Gasteiger partial charge is 0.434 e. The quantitative estimate of drug-likeness (QED) is 0.798. The van der Waals surface area contributed by atoms with Gasteiger partial charge in [-0.25, -0.2) is 8.42 Å². The maximum Gasteiger partial charge on any atom is 0.434 e. The number of hydrogen-bond acceptors (Lipinski definition) is 5. The Kier molecular flexibility index (Phi) is 5.33. The Bertz CT molecular complexity index is 697. The second-order valence-electron chi connectivity index (χ2n) is 6.13. The van der Waals surface area contributed by atoms with Crippen molar-refractivity contribution in [2.75, 3.05) is 39.4 Å². The van der Waals surface area contributed by atoms with Crippen molar-refractivity contribution in [3.8, 4) is 0 Å². The lowest BCUT2D eigenvalue weighted by molar-refractivity contribution is -0.143. The summed E-state index contributed by atoms with van der Waals surface area (Å²) in [6.45, 7) is 2.73. The van der Waals surface area contributed by atoms with Crippen LogP contribution in [0.3, 0.4) is 0 Å². The number of pyridine rings is 1. The maximum absolute atomic E-state index is 13.1. The zero-order valence-electron chi connectivity index (χ0n) is 13.6. The Morgan fingerprint density at radius 1 is 1.12 bits per heavy atom. The van der Waals surface area contributed by atoms with Gasteiger partial charge in [-0.2, -0.15) is 17.5 Å². The number of alkyl halides is 3. The van der Waals surface area contributed by atoms with Gasteiger partial charge in [0.25, 0.3) is 0 Å². The Labute approximate surface area is 144 Å². The van der Waals surface area contributed by atoms with Crippen molar-refractivity contribution in [3.05, 3.63) is 24.0 Å². The molecular formula is C15H20F3N3O3S. The van der Waals surface area contributed by atoms with Crippen molar-refractivity contribution in [1.82, 2.24) is 14.2 Å². The molecule has 3 heterocycles. The molecule has 0 aromatic carbocycles. The first-order valence-corrected chi connectivity index (χ1v) is 9.58. The SMILES string of the molecule is O=S(=O)(c1cccnc1C(F)(F)F)N1CCN(C2CCOCC2)CC1. The molecule has 3 rings (SSSR count). The summed E-state index contributed by atoms with van der Waals surface area (Å²) in [5, 5.41) is 0. The summed E-state index contributed by atoms with van der Waals surface area (Å²) in [5.74, 6) is 0. The molecule has 0 unspecified atom stereocenters. The van der Waals surface area contributed by atoms with E-state index < -0.39 is 26.8 Å². The van der Waals surface area contributed by atoms with E-state index >= 15 is 0 Å². The number of nitrogens with zero attached hydrogens (tertiary/aromatic N) is 3. The molecule has 1 aromatic rings. The van der Waals surface area contributed by atoms with Crippen molar-refractivity contribution >= 4 is 10.0 Å². The topological polar surface area (TPSA) is 62.7 Å². The van der Waals surface area contributed by atoms with E-state index in [1.54, 1.807) is 0 Å². The third-order valence-corrected chi connectivity index (χ3v) is 6.57. The van der Waals surface area contributed by atoms with Crippen molar-refractivity contribution in [2.24, 2.45) is 0 Å². The summed E-state index contributed by atoms with van der Waals surface area (Å²) in [7, 11) is -4.23. The van der Waals surface area contributed by atoms with Gasteiger partial charge in [0.1, 0.15) is 4.90 Å². The van der Waals surface area contributed by atoms with E-state index in [9.17, 15) is 21.6 Å². The number of sulfonamides is 1. The van der Waals surface area contributed by atoms with Gasteiger partial charge in [0.15, 0.2) is 5.69 Å². The highest BCUT2D eigenvalue weighted by Crippen LogP contribution is 2.33. The molecule has 0 amide bonds. The summed E-state index contributed by atoms with van der Waals surface area (Å²) >= 11 is 0. The van der Waals surface area contributed by atoms with Crippen LogP contribution >= 0.6 is 0 Å². The highest BCUT2D eigenvalue weighted by molar-refractivity contribution is 7.89. The monoisotopic (exact) mass is 379 g/mol. The van der Waals surface area contributed by atoms with E-state index in [0.717, 1.165) is 29.4 Å². The molecule has 6 nitrogen and oxygen atoms in total. The second-order valence-corrected chi connectivity index (χ2v) is 8.04. The van der Waals surface area contributed by atoms with Crippen molar-refractivity contribution in [1.29, 1.82) is 0 Å². The minimum absolute atomic E-state index is 0.173. The van der Waals surface area contributed by atoms with Gasteiger partial charge in [0, 0.05) is 51.6 Å². The van der Waals surface area contributed by atoms with E-state index in [0.29, 0.717) is 32.3 Å². The lowest BCUT2D eigenvalue weighted by Gasteiger charge is -2.40. The number of ether oxygens (including phenoxy) is 1. The Morgan fingerprint density at radius 3 is 2.36 bits per heavy atom. The van der Waals surface area contributed by atoms with Crippen molar-refractivity contribution in [3.63, 3.8) is 0 Å². The fraction of sp³-hybridized carbons (Fsp3) is 0.667. The van der Waals surface area contributed by atoms with E-state index in [-0.39, 0.29) is 13.1 Å². The summed E-state index contributed by atoms with van der Waals surface area (Å²) < 4.78 is 71.1. The number of rotatable bonds is 3. The van der Waals surface area contributed by atoms with Crippen molar-refractivity contribution < 1.29 is 26.3 Å². The van der Waals surface area contributed by atoms with Gasteiger partial charge >= 0.3 is 6.18 Å². The van der Waals surface area contributed by atoms with Gasteiger partial charge in [-0.15, -0.1) is 0 Å². The normalized spacial score (nSPS) is 22.2. The van der Waals surface area contributed by atoms with E-state index in [4.69, 9.17) is 4.74 Å². The molecule has 1 aromatic heterocycles. The van der Waals surface area contributed by atoms with Gasteiger partial charge in [-0.1, -0.05) is 0 Å². The van der Waals surface area contributed by atoms with Crippen LogP contribution < -0.4 is 0 Å². The van der Waals surface area contributed by atoms with Gasteiger partial charge < -0.3 is 4.74 Å². The highest BCUT2D eigenvalue weighted by atomic mass is 32.2. The number of piperazine rings is 1. The molecule has 0 radical (unpaired) electrons. The van der Waals surface area contributed by atoms with Gasteiger partial charge in [0.05, 0.1) is 0 Å². The van der Waals surface area contributed by atoms with Crippen LogP contribution in [0.25, 0.3) is 0 Å². The average Bonchev–Trinajstić information content (AvgIpc) is 2.62. The van der Waals surface area contributed by atoms with E-state index in [2.05, 4.69) is 9.88 Å². The zero-order valence-corrected chi connectivity index (χ0v) is 14.4. The standard InChI is InChI=1S/C15H20F3N3O3S/c16-15(17,18)14-13(2-1-5-19-14)25(22,23)21-8-6-20(7-9-21)12-3-10-24-11-4-12/h1-2,5,12H,3-4,6-11H2. The highest BCUT2D eigenvalue weighted by Gasteiger charge is 2.41. The molecule has 0 aliphatic carbocycles. The first-order chi connectivity index (χ1) is 11.8. The molecule has 25 heavy (non-hydrogen) atoms. The molecule has 0 bridgehead atoms. The molecule has 0 spiro atoms. The smallest absolute Gasteiger partial charge is 0.381 e. The molecule has 0 saturated carbocycles. The summed E-state index contributed by atoms with van der Waals surface area (Å²) in [6, 6.07) is 2.53. The van der Waals surface area contributed by atoms with Crippen LogP contribution in [0.15, 0.2) is 23.2 Å². The third-order valence-electron chi connectivity index (χ3n) is 4.64. The Hall–Kier alpha value is -1.23. The summed E-state index contributed by atoms with van der Waals surface area (Å²) in [6.07, 6.45) is -2.07. The lowest BCUT2D eigenvalue weighted by Crippen LogP contribution is -2.53. The molecule has 10 heteroatoms. The van der Waals surface area contributed by atoms with Crippen LogP contribution in [0, 0.1) is 0 Å². The Morgan fingerprint density at radius 2 is 1.76 bits per heavy atom. The van der Waals surface area contributed by atoms with Crippen LogP contribution in [0.4, 0.5) is 13.2 Å². The van der Waals surface area contributed by atoms with Gasteiger partial charge in [-0.05, 0) is 25.0 Å². The van der Waals surface area contributed by atoms with Crippen LogP contribution in [-0.4, -0.2) is 68.0 Å². The molecule has 0 atom stereocenters. The maximum atomic E-state index is 13.1. The van der Waals surface area contributed by atoms with Crippen LogP contribution in [0.5, 0.6) is 0 Å². The molecule has 2 aliphatic rings. The van der Waals surface area contributed by atoms with Gasteiger partial charge in [-0.3, -0.25) is 9.88 Å². The van der Waals surface area contributed by atoms with Crippen LogP contribution in [0.2, 0.25) is 0 Å². The minimum atomic E-state index is -4.81. The summed E-state index contributed by atoms with van der Waals surface area (Å²) in [5.41, 5.74) is -1.36. The van der Waals surface area contributed by atoms with E-state index in [1.165, 1.54) is 6.07 Å². The molecule has 0 N–H and O–H groups in total. The predicted octanol–water partition coefficient (Wildman–Crippen LogP) is 1.59. The van der Waals surface area contributed by atoms with Crippen molar-refractivity contribution in [2.45, 2.75) is 30.0 Å². The number of hydrogen-bond donors (Lipinski definition) is 0. The van der Waals surface area contributed by atoms with E-state index in [1.807, 2.05) is 0 Å². The third kappa shape index (κ3) is 3.97. The first-order valence-electron chi connectivity index (χ1n) is 8.14. The first kappa shape index (κ1) is 18.6. The Balaban J connectivity index is 1.74. The number of halogens is 3. The van der Waals surface area contributed by atoms with Crippen LogP contribution in [-0.2, 0) is 20.9 Å². The molecule has 2 fully saturated rings. The van der Waals surface area contributed by atoms with Crippen LogP contribution in [0.1, 0.15) is 18.5 Å². The fourth-order valence-electron chi connectivity index (χ4n) is 3.31. The fourth-order valence-corrected chi connectivity index (χ4v) is 4.90. The lowest BCUT2D eigenvalue weighted by atomic mass is 10.1. The zero-order chi connectivity index (χ0) is 18.1. The number of aromatic nitrogens is 1. The average molecular weight is 379 g/mol. The molecular weight excluding hydrogens is 359 g/mol.